The molecule has 0 spiro atoms. The number of carbonyl (C=O) groups is 1. The summed E-state index contributed by atoms with van der Waals surface area (Å²) in [5, 5.41) is 7.60. The summed E-state index contributed by atoms with van der Waals surface area (Å²) in [6, 6.07) is 0. The highest BCUT2D eigenvalue weighted by Gasteiger charge is 2.30. The summed E-state index contributed by atoms with van der Waals surface area (Å²) < 4.78 is 40.4. The van der Waals surface area contributed by atoms with Crippen molar-refractivity contribution >= 4 is 16.6 Å². The molecule has 2 atom stereocenters. The number of ether oxygens (including phenoxy) is 2. The van der Waals surface area contributed by atoms with Crippen LogP contribution in [-0.4, -0.2) is 42.5 Å². The highest BCUT2D eigenvalue weighted by molar-refractivity contribution is 7.86. The summed E-state index contributed by atoms with van der Waals surface area (Å²) in [7, 11) is -4.63. The van der Waals surface area contributed by atoms with Gasteiger partial charge in [0.05, 0.1) is 6.10 Å². The van der Waals surface area contributed by atoms with E-state index in [-0.39, 0.29) is 12.4 Å². The van der Waals surface area contributed by atoms with E-state index in [2.05, 4.69) is 9.47 Å². The van der Waals surface area contributed by atoms with Gasteiger partial charge in [0.25, 0.3) is 5.95 Å². The van der Waals surface area contributed by atoms with E-state index in [0.29, 0.717) is 0 Å². The van der Waals surface area contributed by atoms with Crippen LogP contribution in [0.3, 0.4) is 0 Å². The predicted molar refractivity (Wildman–Crippen MR) is 40.7 cm³/mol. The molecule has 0 aromatic heterocycles. The quantitative estimate of drug-likeness (QED) is 0.448. The lowest BCUT2D eigenvalue weighted by atomic mass is 10.2. The van der Waals surface area contributed by atoms with Crippen LogP contribution in [-0.2, 0) is 24.4 Å². The van der Waals surface area contributed by atoms with Crippen molar-refractivity contribution in [1.82, 2.24) is 0 Å². The van der Waals surface area contributed by atoms with E-state index < -0.39 is 28.1 Å². The molecule has 0 bridgehead atoms. The topological polar surface area (TPSA) is 113 Å². The van der Waals surface area contributed by atoms with Gasteiger partial charge in [0.1, 0.15) is 22.0 Å². The molecule has 0 fully saturated rings. The van der Waals surface area contributed by atoms with Gasteiger partial charge in [-0.1, -0.05) is 0 Å². The molecule has 0 aromatic rings. The van der Waals surface area contributed by atoms with E-state index in [4.69, 9.17) is 0 Å². The van der Waals surface area contributed by atoms with Gasteiger partial charge in [-0.25, -0.2) is 8.42 Å². The van der Waals surface area contributed by atoms with Gasteiger partial charge < -0.3 is 19.1 Å². The lowest BCUT2D eigenvalue weighted by molar-refractivity contribution is -0.131. The van der Waals surface area contributed by atoms with Gasteiger partial charge in [-0.15, -0.1) is 0 Å². The lowest BCUT2D eigenvalue weighted by Gasteiger charge is -2.27. The Kier molecular flexibility index (Phi) is 3.09. The second-order valence-electron chi connectivity index (χ2n) is 2.53. The highest BCUT2D eigenvalue weighted by Crippen LogP contribution is 2.17. The summed E-state index contributed by atoms with van der Waals surface area (Å²) >= 11 is 0. The zero-order valence-corrected chi connectivity index (χ0v) is 7.64. The molecule has 0 saturated carbocycles. The second kappa shape index (κ2) is 3.95. The maximum atomic E-state index is 10.5. The van der Waals surface area contributed by atoms with Crippen molar-refractivity contribution in [3.63, 3.8) is 0 Å². The van der Waals surface area contributed by atoms with Crippen LogP contribution in [0, 0.1) is 0 Å². The molecule has 1 aliphatic heterocycles. The molecular weight excluding hydrogens is 216 g/mol. The van der Waals surface area contributed by atoms with Gasteiger partial charge in [-0.2, -0.15) is 0 Å². The monoisotopic (exact) mass is 223 g/mol. The molecule has 1 aliphatic rings. The summed E-state index contributed by atoms with van der Waals surface area (Å²) in [4.78, 5) is 9.85. The standard InChI is InChI=1S/C6H8O7S/c7-3-13-6-1-4(8)5(2-12-6)14(9,10)11/h1,3-5,8H,2H2,(H,9,10,11)/p-1/t4-,5?/m1/s1. The molecule has 0 aromatic carbocycles. The number of hydrogen-bond donors (Lipinski definition) is 1. The van der Waals surface area contributed by atoms with Gasteiger partial charge in [-0.3, -0.25) is 4.79 Å². The first kappa shape index (κ1) is 11.0. The fourth-order valence-corrected chi connectivity index (χ4v) is 1.59. The van der Waals surface area contributed by atoms with Gasteiger partial charge in [0.15, 0.2) is 0 Å². The average Bonchev–Trinajstić information content (AvgIpc) is 2.02. The van der Waals surface area contributed by atoms with Crippen molar-refractivity contribution in [3.05, 3.63) is 12.0 Å². The molecule has 14 heavy (non-hydrogen) atoms. The Hall–Kier alpha value is -1.12. The number of hydrogen-bond acceptors (Lipinski definition) is 7. The zero-order chi connectivity index (χ0) is 10.8. The summed E-state index contributed by atoms with van der Waals surface area (Å²) in [6.07, 6.45) is -0.681. The van der Waals surface area contributed by atoms with Crippen LogP contribution in [0.1, 0.15) is 0 Å². The molecule has 1 unspecified atom stereocenters. The lowest BCUT2D eigenvalue weighted by Crippen LogP contribution is -2.40. The third kappa shape index (κ3) is 2.44. The zero-order valence-electron chi connectivity index (χ0n) is 6.82. The number of aliphatic hydroxyl groups is 1. The second-order valence-corrected chi connectivity index (χ2v) is 4.12. The third-order valence-corrected chi connectivity index (χ3v) is 2.77. The molecule has 1 heterocycles. The molecule has 0 saturated heterocycles. The molecule has 0 amide bonds. The maximum absolute atomic E-state index is 10.5. The van der Waals surface area contributed by atoms with Crippen molar-refractivity contribution in [3.8, 4) is 0 Å². The van der Waals surface area contributed by atoms with Crippen LogP contribution in [0.25, 0.3) is 0 Å². The van der Waals surface area contributed by atoms with Gasteiger partial charge in [0, 0.05) is 6.08 Å². The molecular formula is C6H7O7S-. The Morgan fingerprint density at radius 3 is 2.79 bits per heavy atom. The van der Waals surface area contributed by atoms with Crippen LogP contribution in [0.4, 0.5) is 0 Å². The average molecular weight is 223 g/mol. The van der Waals surface area contributed by atoms with E-state index in [1.807, 2.05) is 0 Å². The molecule has 8 heteroatoms. The van der Waals surface area contributed by atoms with Crippen molar-refractivity contribution < 1.29 is 32.3 Å². The predicted octanol–water partition coefficient (Wildman–Crippen LogP) is -1.69. The van der Waals surface area contributed by atoms with Crippen molar-refractivity contribution in [2.75, 3.05) is 6.61 Å². The van der Waals surface area contributed by atoms with Crippen LogP contribution >= 0.6 is 0 Å². The number of aliphatic hydroxyl groups excluding tert-OH is 1. The SMILES string of the molecule is O=COC1=C[C@@H](O)C(S(=O)(=O)[O-])CO1. The molecule has 80 valence electrons. The highest BCUT2D eigenvalue weighted by atomic mass is 32.2. The largest absolute Gasteiger partial charge is 0.748 e. The minimum atomic E-state index is -4.63. The van der Waals surface area contributed by atoms with E-state index in [0.717, 1.165) is 6.08 Å². The van der Waals surface area contributed by atoms with E-state index >= 15 is 0 Å². The van der Waals surface area contributed by atoms with Gasteiger partial charge in [-0.05, 0) is 0 Å². The Morgan fingerprint density at radius 1 is 1.71 bits per heavy atom. The minimum absolute atomic E-state index is 0.0601. The van der Waals surface area contributed by atoms with Crippen molar-refractivity contribution in [2.45, 2.75) is 11.4 Å². The van der Waals surface area contributed by atoms with E-state index in [1.54, 1.807) is 0 Å². The first-order valence-corrected chi connectivity index (χ1v) is 5.00. The first-order valence-electron chi connectivity index (χ1n) is 3.53. The smallest absolute Gasteiger partial charge is 0.300 e. The van der Waals surface area contributed by atoms with E-state index in [9.17, 15) is 22.9 Å². The summed E-state index contributed by atoms with van der Waals surface area (Å²) in [5.74, 6) is -0.313. The molecule has 0 aliphatic carbocycles. The Labute approximate surface area is 79.7 Å². The molecule has 7 nitrogen and oxygen atoms in total. The van der Waals surface area contributed by atoms with E-state index in [1.165, 1.54) is 0 Å². The van der Waals surface area contributed by atoms with Crippen LogP contribution < -0.4 is 0 Å². The van der Waals surface area contributed by atoms with Crippen molar-refractivity contribution in [2.24, 2.45) is 0 Å². The Balaban J connectivity index is 2.79. The first-order chi connectivity index (χ1) is 6.45. The number of rotatable bonds is 3. The minimum Gasteiger partial charge on any atom is -0.748 e. The van der Waals surface area contributed by atoms with Crippen LogP contribution in [0.2, 0.25) is 0 Å². The third-order valence-electron chi connectivity index (χ3n) is 1.61. The molecule has 1 rings (SSSR count). The van der Waals surface area contributed by atoms with Crippen LogP contribution in [0.5, 0.6) is 0 Å². The molecule has 1 N–H and O–H groups in total. The van der Waals surface area contributed by atoms with Gasteiger partial charge in [0.2, 0.25) is 0 Å². The Morgan fingerprint density at radius 2 is 2.36 bits per heavy atom. The van der Waals surface area contributed by atoms with Crippen LogP contribution in [0.15, 0.2) is 12.0 Å². The summed E-state index contributed by atoms with van der Waals surface area (Å²) in [5.41, 5.74) is 0. The Bertz CT molecular complexity index is 343. The fourth-order valence-electron chi connectivity index (χ4n) is 0.933. The van der Waals surface area contributed by atoms with Gasteiger partial charge >= 0.3 is 6.47 Å². The fraction of sp³-hybridized carbons (Fsp3) is 0.500. The number of carbonyl (C=O) groups excluding carboxylic acids is 1. The summed E-state index contributed by atoms with van der Waals surface area (Å²) in [6.45, 7) is -0.475. The molecule has 0 radical (unpaired) electrons. The van der Waals surface area contributed by atoms with Crippen molar-refractivity contribution in [1.29, 1.82) is 0 Å². The normalized spacial score (nSPS) is 27.4. The maximum Gasteiger partial charge on any atom is 0.300 e.